The first-order chi connectivity index (χ1) is 8.52. The molecule has 1 aliphatic heterocycles. The van der Waals surface area contributed by atoms with Crippen LogP contribution in [0.15, 0.2) is 5.38 Å². The number of rotatable bonds is 2. The van der Waals surface area contributed by atoms with E-state index in [0.717, 1.165) is 5.56 Å². The number of hydrogen-bond acceptors (Lipinski definition) is 4. The summed E-state index contributed by atoms with van der Waals surface area (Å²) in [5.74, 6) is -0.719. The summed E-state index contributed by atoms with van der Waals surface area (Å²) in [6.07, 6.45) is 0. The molecule has 0 aromatic carbocycles. The summed E-state index contributed by atoms with van der Waals surface area (Å²) in [6.45, 7) is 3.35. The van der Waals surface area contributed by atoms with Gasteiger partial charge in [-0.25, -0.2) is 0 Å². The van der Waals surface area contributed by atoms with Gasteiger partial charge >= 0.3 is 0 Å². The third-order valence-electron chi connectivity index (χ3n) is 2.93. The highest BCUT2D eigenvalue weighted by Crippen LogP contribution is 2.29. The Hall–Kier alpha value is -1.11. The second-order valence-electron chi connectivity index (χ2n) is 4.18. The van der Waals surface area contributed by atoms with Gasteiger partial charge in [-0.1, -0.05) is 11.6 Å². The molecule has 98 valence electrons. The summed E-state index contributed by atoms with van der Waals surface area (Å²) < 4.78 is 0. The standard InChI is InChI=1S/C11H14ClN3O2S/c1-6-5-18-9(8(6)12)11(17)15-3-2-14-4-7(15)10(13)16/h5,7,14H,2-4H2,1H3,(H2,13,16). The van der Waals surface area contributed by atoms with Crippen LogP contribution in [-0.4, -0.2) is 42.4 Å². The van der Waals surface area contributed by atoms with Crippen molar-refractivity contribution in [3.8, 4) is 0 Å². The van der Waals surface area contributed by atoms with Crippen LogP contribution in [0.4, 0.5) is 0 Å². The number of hydrogen-bond donors (Lipinski definition) is 2. The smallest absolute Gasteiger partial charge is 0.266 e. The lowest BCUT2D eigenvalue weighted by molar-refractivity contribution is -0.122. The maximum absolute atomic E-state index is 12.4. The fraction of sp³-hybridized carbons (Fsp3) is 0.455. The maximum atomic E-state index is 12.4. The first-order valence-electron chi connectivity index (χ1n) is 5.57. The van der Waals surface area contributed by atoms with Crippen molar-refractivity contribution in [1.82, 2.24) is 10.2 Å². The minimum atomic E-state index is -0.607. The number of nitrogens with two attached hydrogens (primary N) is 1. The normalized spacial score (nSPS) is 19.9. The largest absolute Gasteiger partial charge is 0.368 e. The Morgan fingerprint density at radius 3 is 2.89 bits per heavy atom. The van der Waals surface area contributed by atoms with Crippen LogP contribution in [0, 0.1) is 6.92 Å². The molecule has 3 N–H and O–H groups in total. The van der Waals surface area contributed by atoms with E-state index in [4.69, 9.17) is 17.3 Å². The van der Waals surface area contributed by atoms with Gasteiger partial charge in [0.2, 0.25) is 5.91 Å². The van der Waals surface area contributed by atoms with Crippen LogP contribution in [0.1, 0.15) is 15.2 Å². The Morgan fingerprint density at radius 2 is 2.33 bits per heavy atom. The molecule has 1 fully saturated rings. The van der Waals surface area contributed by atoms with Crippen LogP contribution < -0.4 is 11.1 Å². The molecule has 1 atom stereocenters. The summed E-state index contributed by atoms with van der Waals surface area (Å²) in [7, 11) is 0. The van der Waals surface area contributed by atoms with E-state index < -0.39 is 11.9 Å². The van der Waals surface area contributed by atoms with Crippen molar-refractivity contribution in [3.63, 3.8) is 0 Å². The van der Waals surface area contributed by atoms with E-state index in [-0.39, 0.29) is 5.91 Å². The second-order valence-corrected chi connectivity index (χ2v) is 5.44. The summed E-state index contributed by atoms with van der Waals surface area (Å²) in [5.41, 5.74) is 6.19. The number of nitrogens with one attached hydrogen (secondary N) is 1. The lowest BCUT2D eigenvalue weighted by Crippen LogP contribution is -2.58. The Bertz CT molecular complexity index is 489. The Kier molecular flexibility index (Phi) is 3.89. The fourth-order valence-corrected chi connectivity index (χ4v) is 3.13. The van der Waals surface area contributed by atoms with Gasteiger partial charge in [0.1, 0.15) is 10.9 Å². The molecule has 2 rings (SSSR count). The Balaban J connectivity index is 2.26. The van der Waals surface area contributed by atoms with Gasteiger partial charge < -0.3 is 16.0 Å². The number of carbonyl (C=O) groups excluding carboxylic acids is 2. The fourth-order valence-electron chi connectivity index (χ4n) is 1.91. The van der Waals surface area contributed by atoms with Gasteiger partial charge in [0.25, 0.3) is 5.91 Å². The van der Waals surface area contributed by atoms with Gasteiger partial charge in [-0.2, -0.15) is 0 Å². The van der Waals surface area contributed by atoms with E-state index in [9.17, 15) is 9.59 Å². The van der Waals surface area contributed by atoms with Crippen molar-refractivity contribution >= 4 is 34.8 Å². The van der Waals surface area contributed by atoms with Crippen molar-refractivity contribution in [2.24, 2.45) is 5.73 Å². The van der Waals surface area contributed by atoms with Gasteiger partial charge in [0.15, 0.2) is 0 Å². The molecule has 7 heteroatoms. The number of piperazine rings is 1. The molecule has 0 radical (unpaired) electrons. The molecule has 1 unspecified atom stereocenters. The van der Waals surface area contributed by atoms with Crippen LogP contribution in [0.3, 0.4) is 0 Å². The van der Waals surface area contributed by atoms with Gasteiger partial charge in [-0.05, 0) is 17.9 Å². The van der Waals surface area contributed by atoms with Gasteiger partial charge in [0.05, 0.1) is 5.02 Å². The number of primary amides is 1. The molecule has 1 aliphatic rings. The average molecular weight is 288 g/mol. The van der Waals surface area contributed by atoms with E-state index in [0.29, 0.717) is 29.5 Å². The summed E-state index contributed by atoms with van der Waals surface area (Å²) >= 11 is 7.38. The van der Waals surface area contributed by atoms with Crippen molar-refractivity contribution in [1.29, 1.82) is 0 Å². The average Bonchev–Trinajstić information content (AvgIpc) is 2.69. The zero-order valence-electron chi connectivity index (χ0n) is 9.90. The minimum Gasteiger partial charge on any atom is -0.368 e. The minimum absolute atomic E-state index is 0.219. The third-order valence-corrected chi connectivity index (χ3v) is 4.61. The molecule has 2 amide bonds. The summed E-state index contributed by atoms with van der Waals surface area (Å²) in [5, 5.41) is 5.34. The highest BCUT2D eigenvalue weighted by Gasteiger charge is 2.32. The number of thiophene rings is 1. The topological polar surface area (TPSA) is 75.4 Å². The van der Waals surface area contributed by atoms with Crippen molar-refractivity contribution in [3.05, 3.63) is 20.8 Å². The van der Waals surface area contributed by atoms with E-state index in [1.54, 1.807) is 0 Å². The predicted octanol–water partition coefficient (Wildman–Crippen LogP) is 0.609. The summed E-state index contributed by atoms with van der Waals surface area (Å²) in [6, 6.07) is -0.607. The molecule has 0 spiro atoms. The molecular weight excluding hydrogens is 274 g/mol. The van der Waals surface area contributed by atoms with E-state index in [2.05, 4.69) is 5.32 Å². The van der Waals surface area contributed by atoms with Gasteiger partial charge in [-0.15, -0.1) is 11.3 Å². The third kappa shape index (κ3) is 2.36. The molecule has 1 aromatic rings. The highest BCUT2D eigenvalue weighted by molar-refractivity contribution is 7.13. The first-order valence-corrected chi connectivity index (χ1v) is 6.82. The zero-order chi connectivity index (χ0) is 13.3. The molecule has 18 heavy (non-hydrogen) atoms. The molecule has 1 aromatic heterocycles. The monoisotopic (exact) mass is 287 g/mol. The second kappa shape index (κ2) is 5.26. The molecular formula is C11H14ClN3O2S. The number of aryl methyl sites for hydroxylation is 1. The van der Waals surface area contributed by atoms with E-state index >= 15 is 0 Å². The van der Waals surface area contributed by atoms with Crippen LogP contribution in [-0.2, 0) is 4.79 Å². The molecule has 5 nitrogen and oxygen atoms in total. The quantitative estimate of drug-likeness (QED) is 0.837. The van der Waals surface area contributed by atoms with E-state index in [1.165, 1.54) is 16.2 Å². The predicted molar refractivity (Wildman–Crippen MR) is 71.0 cm³/mol. The Labute approximate surface area is 114 Å². The van der Waals surface area contributed by atoms with Crippen LogP contribution in [0.2, 0.25) is 5.02 Å². The van der Waals surface area contributed by atoms with Crippen LogP contribution in [0.25, 0.3) is 0 Å². The van der Waals surface area contributed by atoms with Gasteiger partial charge in [0, 0.05) is 19.6 Å². The van der Waals surface area contributed by atoms with E-state index in [1.807, 2.05) is 12.3 Å². The van der Waals surface area contributed by atoms with Crippen LogP contribution in [0.5, 0.6) is 0 Å². The SMILES string of the molecule is Cc1csc(C(=O)N2CCNCC2C(N)=O)c1Cl. The van der Waals surface area contributed by atoms with Crippen molar-refractivity contribution in [2.75, 3.05) is 19.6 Å². The van der Waals surface area contributed by atoms with Crippen molar-refractivity contribution < 1.29 is 9.59 Å². The lowest BCUT2D eigenvalue weighted by Gasteiger charge is -2.33. The Morgan fingerprint density at radius 1 is 1.61 bits per heavy atom. The lowest BCUT2D eigenvalue weighted by atomic mass is 10.1. The number of amides is 2. The summed E-state index contributed by atoms with van der Waals surface area (Å²) in [4.78, 5) is 25.7. The first kappa shape index (κ1) is 13.3. The number of halogens is 1. The molecule has 0 aliphatic carbocycles. The highest BCUT2D eigenvalue weighted by atomic mass is 35.5. The van der Waals surface area contributed by atoms with Crippen molar-refractivity contribution in [2.45, 2.75) is 13.0 Å². The maximum Gasteiger partial charge on any atom is 0.266 e. The number of carbonyl (C=O) groups is 2. The number of nitrogens with zero attached hydrogens (tertiary/aromatic N) is 1. The zero-order valence-corrected chi connectivity index (χ0v) is 11.5. The molecule has 0 saturated carbocycles. The van der Waals surface area contributed by atoms with Gasteiger partial charge in [-0.3, -0.25) is 9.59 Å². The molecule has 1 saturated heterocycles. The van der Waals surface area contributed by atoms with Crippen LogP contribution >= 0.6 is 22.9 Å². The molecule has 2 heterocycles. The molecule has 0 bridgehead atoms.